The van der Waals surface area contributed by atoms with E-state index in [0.29, 0.717) is 0 Å². The Morgan fingerprint density at radius 2 is 2.00 bits per heavy atom. The summed E-state index contributed by atoms with van der Waals surface area (Å²) in [5.74, 6) is 0. The predicted molar refractivity (Wildman–Crippen MR) is 70.0 cm³/mol. The van der Waals surface area contributed by atoms with Crippen molar-refractivity contribution in [2.24, 2.45) is 0 Å². The zero-order chi connectivity index (χ0) is 11.1. The molecule has 2 aliphatic carbocycles. The van der Waals surface area contributed by atoms with Gasteiger partial charge >= 0.3 is 0 Å². The molecular formula is C16H19. The molecule has 0 saturated carbocycles. The third-order valence-corrected chi connectivity index (χ3v) is 3.00. The first-order valence-electron chi connectivity index (χ1n) is 6.26. The molecule has 0 spiro atoms. The van der Waals surface area contributed by atoms with Gasteiger partial charge in [-0.3, -0.25) is 0 Å². The van der Waals surface area contributed by atoms with Crippen molar-refractivity contribution < 1.29 is 0 Å². The summed E-state index contributed by atoms with van der Waals surface area (Å²) in [6, 6.07) is 0. The van der Waals surface area contributed by atoms with Crippen molar-refractivity contribution in [1.82, 2.24) is 0 Å². The normalized spacial score (nSPS) is 34.0. The van der Waals surface area contributed by atoms with Crippen LogP contribution in [0.25, 0.3) is 0 Å². The molecule has 0 fully saturated rings. The molecule has 1 radical (unpaired) electrons. The Kier molecular flexibility index (Phi) is 4.42. The highest BCUT2D eigenvalue weighted by atomic mass is 14.1. The molecule has 0 bridgehead atoms. The summed E-state index contributed by atoms with van der Waals surface area (Å²) in [7, 11) is 0. The van der Waals surface area contributed by atoms with Crippen molar-refractivity contribution in [2.75, 3.05) is 0 Å². The Labute approximate surface area is 98.8 Å². The van der Waals surface area contributed by atoms with Crippen molar-refractivity contribution in [3.8, 4) is 0 Å². The maximum atomic E-state index is 3.29. The molecular weight excluding hydrogens is 192 g/mol. The molecule has 83 valence electrons. The van der Waals surface area contributed by atoms with Gasteiger partial charge in [-0.1, -0.05) is 42.5 Å². The molecule has 0 nitrogen and oxygen atoms in total. The highest BCUT2D eigenvalue weighted by molar-refractivity contribution is 5.43. The highest BCUT2D eigenvalue weighted by Gasteiger charge is 2.03. The molecule has 0 aromatic rings. The van der Waals surface area contributed by atoms with Gasteiger partial charge in [-0.2, -0.15) is 0 Å². The molecule has 0 aromatic carbocycles. The molecule has 2 rings (SSSR count). The van der Waals surface area contributed by atoms with Gasteiger partial charge < -0.3 is 0 Å². The third-order valence-electron chi connectivity index (χ3n) is 3.00. The van der Waals surface area contributed by atoms with Gasteiger partial charge in [0.25, 0.3) is 0 Å². The Morgan fingerprint density at radius 3 is 3.00 bits per heavy atom. The lowest BCUT2D eigenvalue weighted by molar-refractivity contribution is 0.742. The van der Waals surface area contributed by atoms with Crippen molar-refractivity contribution in [3.05, 3.63) is 59.8 Å². The van der Waals surface area contributed by atoms with Crippen LogP contribution < -0.4 is 0 Å². The van der Waals surface area contributed by atoms with Gasteiger partial charge in [0, 0.05) is 0 Å². The maximum absolute atomic E-state index is 3.29. The average molecular weight is 211 g/mol. The molecule has 0 atom stereocenters. The van der Waals surface area contributed by atoms with E-state index >= 15 is 0 Å². The van der Waals surface area contributed by atoms with Crippen molar-refractivity contribution in [2.45, 2.75) is 38.5 Å². The monoisotopic (exact) mass is 211 g/mol. The quantitative estimate of drug-likeness (QED) is 0.591. The Morgan fingerprint density at radius 1 is 1.00 bits per heavy atom. The van der Waals surface area contributed by atoms with Crippen LogP contribution in [-0.2, 0) is 0 Å². The highest BCUT2D eigenvalue weighted by Crippen LogP contribution is 2.22. The van der Waals surface area contributed by atoms with Crippen LogP contribution in [0.4, 0.5) is 0 Å². The minimum atomic E-state index is 1.04. The Hall–Kier alpha value is -1.30. The van der Waals surface area contributed by atoms with Gasteiger partial charge in [0.1, 0.15) is 0 Å². The van der Waals surface area contributed by atoms with Crippen LogP contribution in [0, 0.1) is 6.08 Å². The van der Waals surface area contributed by atoms with Gasteiger partial charge in [0.15, 0.2) is 0 Å². The summed E-state index contributed by atoms with van der Waals surface area (Å²) in [6.45, 7) is 0. The minimum absolute atomic E-state index is 1.04. The van der Waals surface area contributed by atoms with E-state index in [1.165, 1.54) is 36.8 Å². The van der Waals surface area contributed by atoms with Crippen LogP contribution in [-0.4, -0.2) is 0 Å². The SMILES string of the molecule is [C]1=C/C=C(/C2=C\C=C/CCCC2)\C=C/CC\1. The Balaban J connectivity index is 2.19. The number of hydrogen-bond donors (Lipinski definition) is 0. The second kappa shape index (κ2) is 6.32. The number of allylic oxidation sites excluding steroid dienone is 10. The standard InChI is InChI=1S/C16H19/c1-3-7-11-15(12-8-4-1)16-13-9-5-2-6-10-14-16/h3,7,9-11,13-14H,1-2,4-5,8,12H2/b7-3-,10-6?,13-9-,15-11-,16-14+. The molecule has 0 N–H and O–H groups in total. The zero-order valence-electron chi connectivity index (χ0n) is 9.78. The molecule has 0 aromatic heterocycles. The molecule has 0 aliphatic heterocycles. The summed E-state index contributed by atoms with van der Waals surface area (Å²) in [4.78, 5) is 0. The molecule has 2 aliphatic rings. The van der Waals surface area contributed by atoms with Gasteiger partial charge in [-0.15, -0.1) is 0 Å². The van der Waals surface area contributed by atoms with E-state index < -0.39 is 0 Å². The summed E-state index contributed by atoms with van der Waals surface area (Å²) in [5, 5.41) is 0. The first-order valence-corrected chi connectivity index (χ1v) is 6.26. The molecule has 0 heterocycles. The lowest BCUT2D eigenvalue weighted by Crippen LogP contribution is -1.91. The van der Waals surface area contributed by atoms with E-state index in [4.69, 9.17) is 0 Å². The summed E-state index contributed by atoms with van der Waals surface area (Å²) in [5.41, 5.74) is 2.82. The largest absolute Gasteiger partial charge is 0.0845 e. The first kappa shape index (κ1) is 11.2. The average Bonchev–Trinajstić information content (AvgIpc) is 2.18. The van der Waals surface area contributed by atoms with Crippen molar-refractivity contribution >= 4 is 0 Å². The van der Waals surface area contributed by atoms with Gasteiger partial charge in [0.2, 0.25) is 0 Å². The van der Waals surface area contributed by atoms with E-state index in [0.717, 1.165) is 12.8 Å². The lowest BCUT2D eigenvalue weighted by atomic mass is 9.95. The number of hydrogen-bond acceptors (Lipinski definition) is 0. The first-order chi connectivity index (χ1) is 7.97. The summed E-state index contributed by atoms with van der Waals surface area (Å²) in [6.07, 6.45) is 26.0. The van der Waals surface area contributed by atoms with Crippen LogP contribution in [0.5, 0.6) is 0 Å². The minimum Gasteiger partial charge on any atom is -0.0845 e. The van der Waals surface area contributed by atoms with E-state index in [2.05, 4.69) is 48.6 Å². The van der Waals surface area contributed by atoms with Crippen LogP contribution in [0.2, 0.25) is 0 Å². The second-order valence-electron chi connectivity index (χ2n) is 4.30. The van der Waals surface area contributed by atoms with Gasteiger partial charge in [-0.05, 0) is 55.7 Å². The molecule has 16 heavy (non-hydrogen) atoms. The van der Waals surface area contributed by atoms with Crippen LogP contribution in [0.3, 0.4) is 0 Å². The second-order valence-corrected chi connectivity index (χ2v) is 4.30. The van der Waals surface area contributed by atoms with E-state index in [9.17, 15) is 0 Å². The fourth-order valence-corrected chi connectivity index (χ4v) is 2.06. The topological polar surface area (TPSA) is 0 Å². The van der Waals surface area contributed by atoms with E-state index in [-0.39, 0.29) is 0 Å². The Bertz CT molecular complexity index is 361. The maximum Gasteiger partial charge on any atom is -0.0228 e. The molecule has 0 heteroatoms. The summed E-state index contributed by atoms with van der Waals surface area (Å²) >= 11 is 0. The van der Waals surface area contributed by atoms with Gasteiger partial charge in [0.05, 0.1) is 0 Å². The zero-order valence-corrected chi connectivity index (χ0v) is 9.78. The predicted octanol–water partition coefficient (Wildman–Crippen LogP) is 4.68. The van der Waals surface area contributed by atoms with Crippen LogP contribution in [0.15, 0.2) is 53.7 Å². The van der Waals surface area contributed by atoms with Crippen LogP contribution in [0.1, 0.15) is 38.5 Å². The van der Waals surface area contributed by atoms with Crippen molar-refractivity contribution in [3.63, 3.8) is 0 Å². The molecule has 0 saturated heterocycles. The van der Waals surface area contributed by atoms with E-state index in [1.54, 1.807) is 0 Å². The summed E-state index contributed by atoms with van der Waals surface area (Å²) < 4.78 is 0. The smallest absolute Gasteiger partial charge is 0.0228 e. The number of rotatable bonds is 1. The van der Waals surface area contributed by atoms with Crippen LogP contribution >= 0.6 is 0 Å². The molecule has 0 unspecified atom stereocenters. The fraction of sp³-hybridized carbons (Fsp3) is 0.375. The van der Waals surface area contributed by atoms with Crippen molar-refractivity contribution in [1.29, 1.82) is 0 Å². The van der Waals surface area contributed by atoms with Gasteiger partial charge in [-0.25, -0.2) is 0 Å². The lowest BCUT2D eigenvalue weighted by Gasteiger charge is -2.10. The fourth-order valence-electron chi connectivity index (χ4n) is 2.06. The molecule has 0 amide bonds. The third kappa shape index (κ3) is 3.37. The van der Waals surface area contributed by atoms with E-state index in [1.807, 2.05) is 0 Å².